The Morgan fingerprint density at radius 1 is 0.939 bits per heavy atom. The molecule has 4 saturated carbocycles. The quantitative estimate of drug-likeness (QED) is 0.472. The number of hydrogen-bond acceptors (Lipinski definition) is 2. The fourth-order valence-corrected chi connectivity index (χ4v) is 9.56. The van der Waals surface area contributed by atoms with E-state index in [1.54, 1.807) is 12.3 Å². The predicted octanol–water partition coefficient (Wildman–Crippen LogP) is 8.14. The SMILES string of the molecule is CC12CCCCC1CCC1C2CCC2(C)C(CCCc3ncc4c(F)cccc4n3)CCC12. The molecule has 6 rings (SSSR count). The highest BCUT2D eigenvalue weighted by Gasteiger charge is 2.59. The lowest BCUT2D eigenvalue weighted by Crippen LogP contribution is -2.52. The Morgan fingerprint density at radius 2 is 1.82 bits per heavy atom. The summed E-state index contributed by atoms with van der Waals surface area (Å²) in [5.74, 6) is 5.48. The summed E-state index contributed by atoms with van der Waals surface area (Å²) in [5.41, 5.74) is 1.93. The average molecular weight is 449 g/mol. The first-order valence-corrected chi connectivity index (χ1v) is 13.9. The Labute approximate surface area is 199 Å². The Hall–Kier alpha value is -1.51. The molecule has 7 unspecified atom stereocenters. The summed E-state index contributed by atoms with van der Waals surface area (Å²) in [6.07, 6.45) is 19.9. The molecule has 1 aromatic heterocycles. The van der Waals surface area contributed by atoms with E-state index >= 15 is 0 Å². The minimum Gasteiger partial charge on any atom is -0.241 e. The fraction of sp³-hybridized carbons (Fsp3) is 0.733. The number of hydrogen-bond donors (Lipinski definition) is 0. The smallest absolute Gasteiger partial charge is 0.134 e. The molecule has 2 nitrogen and oxygen atoms in total. The van der Waals surface area contributed by atoms with Gasteiger partial charge in [0.05, 0.1) is 10.9 Å². The first-order chi connectivity index (χ1) is 16.0. The van der Waals surface area contributed by atoms with Crippen LogP contribution in [0.25, 0.3) is 10.9 Å². The molecular formula is C30H41FN2. The molecule has 7 atom stereocenters. The van der Waals surface area contributed by atoms with Gasteiger partial charge in [0.2, 0.25) is 0 Å². The van der Waals surface area contributed by atoms with E-state index in [-0.39, 0.29) is 5.82 Å². The van der Waals surface area contributed by atoms with Crippen LogP contribution in [0, 0.1) is 46.2 Å². The second-order valence-electron chi connectivity index (χ2n) is 12.6. The largest absolute Gasteiger partial charge is 0.241 e. The second kappa shape index (κ2) is 8.31. The highest BCUT2D eigenvalue weighted by atomic mass is 19.1. The molecule has 3 heteroatoms. The highest BCUT2D eigenvalue weighted by Crippen LogP contribution is 2.67. The number of aromatic nitrogens is 2. The maximum atomic E-state index is 13.9. The zero-order chi connectivity index (χ0) is 22.6. The molecule has 4 fully saturated rings. The molecule has 0 radical (unpaired) electrons. The van der Waals surface area contributed by atoms with Gasteiger partial charge in [0.1, 0.15) is 11.6 Å². The van der Waals surface area contributed by atoms with Gasteiger partial charge in [0, 0.05) is 12.6 Å². The summed E-state index contributed by atoms with van der Waals surface area (Å²) in [4.78, 5) is 9.13. The summed E-state index contributed by atoms with van der Waals surface area (Å²) in [6, 6.07) is 5.12. The van der Waals surface area contributed by atoms with Crippen molar-refractivity contribution < 1.29 is 4.39 Å². The molecule has 0 aliphatic heterocycles. The molecular weight excluding hydrogens is 407 g/mol. The van der Waals surface area contributed by atoms with Gasteiger partial charge >= 0.3 is 0 Å². The van der Waals surface area contributed by atoms with Crippen LogP contribution in [0.1, 0.15) is 96.7 Å². The second-order valence-corrected chi connectivity index (χ2v) is 12.6. The number of halogens is 1. The molecule has 0 amide bonds. The van der Waals surface area contributed by atoms with E-state index in [4.69, 9.17) is 0 Å². The van der Waals surface area contributed by atoms with Crippen LogP contribution in [-0.4, -0.2) is 9.97 Å². The highest BCUT2D eigenvalue weighted by molar-refractivity contribution is 5.78. The van der Waals surface area contributed by atoms with Crippen molar-refractivity contribution in [2.24, 2.45) is 40.4 Å². The van der Waals surface area contributed by atoms with E-state index in [9.17, 15) is 4.39 Å². The van der Waals surface area contributed by atoms with Crippen LogP contribution in [0.4, 0.5) is 4.39 Å². The number of rotatable bonds is 4. The lowest BCUT2D eigenvalue weighted by molar-refractivity contribution is -0.111. The van der Waals surface area contributed by atoms with Crippen LogP contribution >= 0.6 is 0 Å². The van der Waals surface area contributed by atoms with E-state index in [1.807, 2.05) is 6.07 Å². The summed E-state index contributed by atoms with van der Waals surface area (Å²) >= 11 is 0. The van der Waals surface area contributed by atoms with Crippen molar-refractivity contribution >= 4 is 10.9 Å². The third-order valence-electron chi connectivity index (χ3n) is 11.4. The van der Waals surface area contributed by atoms with Crippen molar-refractivity contribution in [1.82, 2.24) is 9.97 Å². The minimum atomic E-state index is -0.226. The zero-order valence-corrected chi connectivity index (χ0v) is 20.7. The number of fused-ring (bicyclic) bond motifs is 6. The molecule has 178 valence electrons. The predicted molar refractivity (Wildman–Crippen MR) is 132 cm³/mol. The molecule has 1 aromatic carbocycles. The van der Waals surface area contributed by atoms with Crippen molar-refractivity contribution in [3.8, 4) is 0 Å². The van der Waals surface area contributed by atoms with E-state index in [2.05, 4.69) is 23.8 Å². The average Bonchev–Trinajstić information content (AvgIpc) is 3.15. The number of aryl methyl sites for hydroxylation is 1. The van der Waals surface area contributed by atoms with Crippen molar-refractivity contribution in [2.45, 2.75) is 97.3 Å². The van der Waals surface area contributed by atoms with Crippen LogP contribution in [0.15, 0.2) is 24.4 Å². The molecule has 2 aromatic rings. The topological polar surface area (TPSA) is 25.8 Å². The van der Waals surface area contributed by atoms with Gasteiger partial charge < -0.3 is 0 Å². The fourth-order valence-electron chi connectivity index (χ4n) is 9.56. The van der Waals surface area contributed by atoms with Crippen LogP contribution in [-0.2, 0) is 6.42 Å². The van der Waals surface area contributed by atoms with E-state index < -0.39 is 0 Å². The van der Waals surface area contributed by atoms with Gasteiger partial charge in [-0.1, -0.05) is 32.8 Å². The van der Waals surface area contributed by atoms with E-state index in [0.29, 0.717) is 16.2 Å². The third-order valence-corrected chi connectivity index (χ3v) is 11.4. The molecule has 0 saturated heterocycles. The molecule has 4 aliphatic carbocycles. The Morgan fingerprint density at radius 3 is 2.73 bits per heavy atom. The summed E-state index contributed by atoms with van der Waals surface area (Å²) < 4.78 is 13.9. The lowest BCUT2D eigenvalue weighted by Gasteiger charge is -2.60. The summed E-state index contributed by atoms with van der Waals surface area (Å²) in [6.45, 7) is 5.36. The van der Waals surface area contributed by atoms with Crippen LogP contribution in [0.3, 0.4) is 0 Å². The van der Waals surface area contributed by atoms with Crippen molar-refractivity contribution in [1.29, 1.82) is 0 Å². The number of nitrogens with zero attached hydrogens (tertiary/aromatic N) is 2. The van der Waals surface area contributed by atoms with Gasteiger partial charge in [0.15, 0.2) is 0 Å². The molecule has 1 heterocycles. The Balaban J connectivity index is 1.12. The Bertz CT molecular complexity index is 1020. The number of benzene rings is 1. The summed E-state index contributed by atoms with van der Waals surface area (Å²) in [5, 5.41) is 0.533. The van der Waals surface area contributed by atoms with Gasteiger partial charge in [-0.2, -0.15) is 0 Å². The van der Waals surface area contributed by atoms with Gasteiger partial charge in [-0.25, -0.2) is 14.4 Å². The zero-order valence-electron chi connectivity index (χ0n) is 20.7. The van der Waals surface area contributed by atoms with Crippen molar-refractivity contribution in [3.63, 3.8) is 0 Å². The molecule has 0 bridgehead atoms. The first-order valence-electron chi connectivity index (χ1n) is 13.9. The van der Waals surface area contributed by atoms with Crippen molar-refractivity contribution in [3.05, 3.63) is 36.0 Å². The first kappa shape index (κ1) is 22.0. The van der Waals surface area contributed by atoms with E-state index in [1.165, 1.54) is 76.7 Å². The maximum absolute atomic E-state index is 13.9. The lowest BCUT2D eigenvalue weighted by atomic mass is 9.45. The summed E-state index contributed by atoms with van der Waals surface area (Å²) in [7, 11) is 0. The third kappa shape index (κ3) is 3.55. The van der Waals surface area contributed by atoms with Crippen LogP contribution < -0.4 is 0 Å². The van der Waals surface area contributed by atoms with Gasteiger partial charge in [-0.15, -0.1) is 0 Å². The van der Waals surface area contributed by atoms with E-state index in [0.717, 1.165) is 53.8 Å². The molecule has 0 N–H and O–H groups in total. The maximum Gasteiger partial charge on any atom is 0.134 e. The van der Waals surface area contributed by atoms with Crippen LogP contribution in [0.2, 0.25) is 0 Å². The standard InChI is InChI=1S/C30H41FN2/c1-29-17-4-3-7-20(29)12-14-22-24-15-13-21(30(24,2)18-16-25(22)29)8-5-11-28-32-19-23-26(31)9-6-10-27(23)33-28/h6,9-10,19-22,24-25H,3-5,7-8,11-18H2,1-2H3. The van der Waals surface area contributed by atoms with Gasteiger partial charge in [-0.3, -0.25) is 0 Å². The monoisotopic (exact) mass is 448 g/mol. The normalized spacial score (nSPS) is 40.3. The Kier molecular flexibility index (Phi) is 5.54. The van der Waals surface area contributed by atoms with Crippen LogP contribution in [0.5, 0.6) is 0 Å². The van der Waals surface area contributed by atoms with Gasteiger partial charge in [0.25, 0.3) is 0 Å². The molecule has 0 spiro atoms. The van der Waals surface area contributed by atoms with Crippen molar-refractivity contribution in [2.75, 3.05) is 0 Å². The molecule has 4 aliphatic rings. The molecule has 33 heavy (non-hydrogen) atoms. The minimum absolute atomic E-state index is 0.226. The van der Waals surface area contributed by atoms with Gasteiger partial charge in [-0.05, 0) is 117 Å².